The van der Waals surface area contributed by atoms with Crippen LogP contribution in [0.3, 0.4) is 0 Å². The first-order valence-corrected chi connectivity index (χ1v) is 13.1. The minimum absolute atomic E-state index is 0.0874. The first kappa shape index (κ1) is 29.2. The van der Waals surface area contributed by atoms with Crippen LogP contribution in [-0.2, 0) is 27.3 Å². The standard InChI is InChI=1S/C31H37N3O5/c1-31(2,3)39-29(36)32-20-10-15-27(34-30(37)38-22-25-13-8-5-9-14-25)28(35)33-26-18-16-24(17-19-26)21-23-11-6-4-7-12-23/h4-9,11-14,16-19,27H,10,15,20-22H2,1-3H3,(H,32,36)(H,33,35)(H,34,37). The number of amides is 3. The number of hydrogen-bond donors (Lipinski definition) is 3. The van der Waals surface area contributed by atoms with E-state index in [1.807, 2.05) is 72.8 Å². The lowest BCUT2D eigenvalue weighted by Gasteiger charge is -2.20. The summed E-state index contributed by atoms with van der Waals surface area (Å²) in [5.74, 6) is -0.375. The van der Waals surface area contributed by atoms with Crippen LogP contribution >= 0.6 is 0 Å². The summed E-state index contributed by atoms with van der Waals surface area (Å²) in [7, 11) is 0. The Hall–Kier alpha value is -4.33. The molecule has 3 amide bonds. The van der Waals surface area contributed by atoms with Gasteiger partial charge in [0.05, 0.1) is 0 Å². The Morgan fingerprint density at radius 1 is 0.769 bits per heavy atom. The van der Waals surface area contributed by atoms with Crippen molar-refractivity contribution < 1.29 is 23.9 Å². The molecule has 0 aliphatic heterocycles. The zero-order valence-electron chi connectivity index (χ0n) is 22.7. The van der Waals surface area contributed by atoms with E-state index >= 15 is 0 Å². The average molecular weight is 532 g/mol. The van der Waals surface area contributed by atoms with Crippen molar-refractivity contribution in [1.29, 1.82) is 0 Å². The van der Waals surface area contributed by atoms with Gasteiger partial charge in [-0.25, -0.2) is 9.59 Å². The maximum Gasteiger partial charge on any atom is 0.408 e. The number of carbonyl (C=O) groups excluding carboxylic acids is 3. The van der Waals surface area contributed by atoms with Gasteiger partial charge in [0.1, 0.15) is 18.2 Å². The Morgan fingerprint density at radius 3 is 1.97 bits per heavy atom. The molecule has 0 bridgehead atoms. The molecule has 0 saturated heterocycles. The summed E-state index contributed by atoms with van der Waals surface area (Å²) >= 11 is 0. The summed E-state index contributed by atoms with van der Waals surface area (Å²) in [6.45, 7) is 5.72. The fourth-order valence-corrected chi connectivity index (χ4v) is 3.75. The van der Waals surface area contributed by atoms with Gasteiger partial charge >= 0.3 is 12.2 Å². The third kappa shape index (κ3) is 11.3. The summed E-state index contributed by atoms with van der Waals surface area (Å²) in [5, 5.41) is 8.20. The molecular weight excluding hydrogens is 494 g/mol. The fraction of sp³-hybridized carbons (Fsp3) is 0.323. The van der Waals surface area contributed by atoms with Crippen LogP contribution in [0.4, 0.5) is 15.3 Å². The first-order valence-electron chi connectivity index (χ1n) is 13.1. The molecule has 0 aliphatic rings. The average Bonchev–Trinajstić information content (AvgIpc) is 2.90. The molecule has 0 aromatic heterocycles. The molecule has 1 atom stereocenters. The minimum Gasteiger partial charge on any atom is -0.445 e. The number of alkyl carbamates (subject to hydrolysis) is 2. The molecule has 3 aromatic carbocycles. The topological polar surface area (TPSA) is 106 Å². The van der Waals surface area contributed by atoms with Crippen LogP contribution in [0.2, 0.25) is 0 Å². The molecule has 0 heterocycles. The number of nitrogens with one attached hydrogen (secondary N) is 3. The van der Waals surface area contributed by atoms with Crippen molar-refractivity contribution in [3.63, 3.8) is 0 Å². The van der Waals surface area contributed by atoms with Crippen molar-refractivity contribution in [2.24, 2.45) is 0 Å². The Labute approximate surface area is 230 Å². The van der Waals surface area contributed by atoms with Gasteiger partial charge in [0.15, 0.2) is 0 Å². The van der Waals surface area contributed by atoms with Crippen LogP contribution in [0, 0.1) is 0 Å². The smallest absolute Gasteiger partial charge is 0.408 e. The molecule has 206 valence electrons. The molecule has 3 N–H and O–H groups in total. The lowest BCUT2D eigenvalue weighted by molar-refractivity contribution is -0.118. The van der Waals surface area contributed by atoms with Gasteiger partial charge in [-0.05, 0) is 68.9 Å². The summed E-state index contributed by atoms with van der Waals surface area (Å²) in [4.78, 5) is 37.5. The molecular formula is C31H37N3O5. The summed E-state index contributed by atoms with van der Waals surface area (Å²) in [5.41, 5.74) is 3.17. The molecule has 0 spiro atoms. The van der Waals surface area contributed by atoms with E-state index in [1.54, 1.807) is 20.8 Å². The maximum absolute atomic E-state index is 13.1. The Bertz CT molecular complexity index is 1190. The Morgan fingerprint density at radius 2 is 1.36 bits per heavy atom. The molecule has 0 radical (unpaired) electrons. The lowest BCUT2D eigenvalue weighted by atomic mass is 10.0. The van der Waals surface area contributed by atoms with Crippen molar-refractivity contribution in [1.82, 2.24) is 10.6 Å². The third-order valence-electron chi connectivity index (χ3n) is 5.63. The minimum atomic E-state index is -0.863. The highest BCUT2D eigenvalue weighted by Crippen LogP contribution is 2.15. The molecule has 3 rings (SSSR count). The SMILES string of the molecule is CC(C)(C)OC(=O)NCCCC(NC(=O)OCc1ccccc1)C(=O)Nc1ccc(Cc2ccccc2)cc1. The molecule has 3 aromatic rings. The van der Waals surface area contributed by atoms with Crippen LogP contribution in [0.15, 0.2) is 84.9 Å². The number of benzene rings is 3. The van der Waals surface area contributed by atoms with Gasteiger partial charge < -0.3 is 25.4 Å². The highest BCUT2D eigenvalue weighted by Gasteiger charge is 2.22. The normalized spacial score (nSPS) is 11.7. The van der Waals surface area contributed by atoms with Crippen LogP contribution in [0.5, 0.6) is 0 Å². The molecule has 0 saturated carbocycles. The van der Waals surface area contributed by atoms with Gasteiger partial charge in [0.25, 0.3) is 0 Å². The summed E-state index contributed by atoms with van der Waals surface area (Å²) in [6.07, 6.45) is 0.282. The number of rotatable bonds is 11. The van der Waals surface area contributed by atoms with Gasteiger partial charge in [-0.2, -0.15) is 0 Å². The number of hydrogen-bond acceptors (Lipinski definition) is 5. The van der Waals surface area contributed by atoms with E-state index in [1.165, 1.54) is 5.56 Å². The number of ether oxygens (including phenoxy) is 2. The summed E-state index contributed by atoms with van der Waals surface area (Å²) < 4.78 is 10.5. The monoisotopic (exact) mass is 531 g/mol. The fourth-order valence-electron chi connectivity index (χ4n) is 3.75. The van der Waals surface area contributed by atoms with E-state index < -0.39 is 23.8 Å². The van der Waals surface area contributed by atoms with Crippen molar-refractivity contribution in [3.8, 4) is 0 Å². The first-order chi connectivity index (χ1) is 18.7. The van der Waals surface area contributed by atoms with Gasteiger partial charge in [-0.1, -0.05) is 72.8 Å². The molecule has 1 unspecified atom stereocenters. The second kappa shape index (κ2) is 14.6. The molecule has 8 heteroatoms. The Kier molecular flexibility index (Phi) is 10.9. The van der Waals surface area contributed by atoms with Gasteiger partial charge in [-0.15, -0.1) is 0 Å². The second-order valence-corrected chi connectivity index (χ2v) is 10.2. The second-order valence-electron chi connectivity index (χ2n) is 10.2. The maximum atomic E-state index is 13.1. The lowest BCUT2D eigenvalue weighted by Crippen LogP contribution is -2.44. The summed E-state index contributed by atoms with van der Waals surface area (Å²) in [6, 6.07) is 26.2. The quantitative estimate of drug-likeness (QED) is 0.271. The molecule has 39 heavy (non-hydrogen) atoms. The van der Waals surface area contributed by atoms with E-state index in [-0.39, 0.29) is 25.5 Å². The van der Waals surface area contributed by atoms with Crippen LogP contribution in [0.1, 0.15) is 50.3 Å². The predicted molar refractivity (Wildman–Crippen MR) is 151 cm³/mol. The van der Waals surface area contributed by atoms with Crippen LogP contribution < -0.4 is 16.0 Å². The Balaban J connectivity index is 1.56. The van der Waals surface area contributed by atoms with Crippen molar-refractivity contribution in [2.45, 2.75) is 58.3 Å². The highest BCUT2D eigenvalue weighted by atomic mass is 16.6. The van der Waals surface area contributed by atoms with E-state index in [2.05, 4.69) is 28.1 Å². The number of carbonyl (C=O) groups is 3. The zero-order valence-corrected chi connectivity index (χ0v) is 22.7. The van der Waals surface area contributed by atoms with E-state index in [9.17, 15) is 14.4 Å². The largest absolute Gasteiger partial charge is 0.445 e. The highest BCUT2D eigenvalue weighted by molar-refractivity contribution is 5.96. The molecule has 0 fully saturated rings. The predicted octanol–water partition coefficient (Wildman–Crippen LogP) is 5.82. The van der Waals surface area contributed by atoms with Crippen LogP contribution in [-0.4, -0.2) is 36.3 Å². The zero-order chi connectivity index (χ0) is 28.1. The van der Waals surface area contributed by atoms with Crippen LogP contribution in [0.25, 0.3) is 0 Å². The van der Waals surface area contributed by atoms with Gasteiger partial charge in [0.2, 0.25) is 5.91 Å². The van der Waals surface area contributed by atoms with E-state index in [4.69, 9.17) is 9.47 Å². The van der Waals surface area contributed by atoms with Crippen molar-refractivity contribution >= 4 is 23.8 Å². The van der Waals surface area contributed by atoms with Crippen molar-refractivity contribution in [2.75, 3.05) is 11.9 Å². The van der Waals surface area contributed by atoms with Crippen molar-refractivity contribution in [3.05, 3.63) is 102 Å². The van der Waals surface area contributed by atoms with E-state index in [0.717, 1.165) is 17.5 Å². The van der Waals surface area contributed by atoms with E-state index in [0.29, 0.717) is 12.1 Å². The third-order valence-corrected chi connectivity index (χ3v) is 5.63. The molecule has 8 nitrogen and oxygen atoms in total. The van der Waals surface area contributed by atoms with Gasteiger partial charge in [0, 0.05) is 12.2 Å². The van der Waals surface area contributed by atoms with Gasteiger partial charge in [-0.3, -0.25) is 4.79 Å². The number of anilines is 1. The molecule has 0 aliphatic carbocycles.